The van der Waals surface area contributed by atoms with E-state index in [0.29, 0.717) is 5.95 Å². The highest BCUT2D eigenvalue weighted by Crippen LogP contribution is 2.29. The standard InChI is InChI=1S/C9H10N6OS/c10-6(16)7-13-9-12-2-1-5(15(9)14-7)8-11-3-4-17-8/h3-5H,1-2H2,(H2,10,16)(H,12,13,14). The number of nitrogens with one attached hydrogen (secondary N) is 1. The smallest absolute Gasteiger partial charge is 0.288 e. The van der Waals surface area contributed by atoms with Gasteiger partial charge in [0.25, 0.3) is 5.91 Å². The molecule has 1 atom stereocenters. The van der Waals surface area contributed by atoms with Crippen LogP contribution in [-0.2, 0) is 0 Å². The monoisotopic (exact) mass is 250 g/mol. The Kier molecular flexibility index (Phi) is 2.29. The average molecular weight is 250 g/mol. The normalized spacial score (nSPS) is 18.5. The third kappa shape index (κ3) is 1.66. The number of carbonyl (C=O) groups excluding carboxylic acids is 1. The summed E-state index contributed by atoms with van der Waals surface area (Å²) in [7, 11) is 0. The van der Waals surface area contributed by atoms with Gasteiger partial charge in [-0.1, -0.05) is 0 Å². The Balaban J connectivity index is 2.04. The van der Waals surface area contributed by atoms with Crippen molar-refractivity contribution in [2.75, 3.05) is 11.9 Å². The first-order chi connectivity index (χ1) is 8.25. The molecule has 0 radical (unpaired) electrons. The molecule has 0 spiro atoms. The predicted octanol–water partition coefficient (Wildman–Crippen LogP) is 0.238. The van der Waals surface area contributed by atoms with Gasteiger partial charge in [-0.25, -0.2) is 9.67 Å². The highest BCUT2D eigenvalue weighted by molar-refractivity contribution is 7.09. The number of nitrogens with two attached hydrogens (primary N) is 1. The molecule has 0 bridgehead atoms. The third-order valence-electron chi connectivity index (χ3n) is 2.58. The summed E-state index contributed by atoms with van der Waals surface area (Å²) in [4.78, 5) is 19.4. The highest BCUT2D eigenvalue weighted by atomic mass is 32.1. The van der Waals surface area contributed by atoms with E-state index in [4.69, 9.17) is 5.73 Å². The van der Waals surface area contributed by atoms with Crippen molar-refractivity contribution in [3.05, 3.63) is 22.4 Å². The fourth-order valence-corrected chi connectivity index (χ4v) is 2.59. The van der Waals surface area contributed by atoms with Crippen LogP contribution in [0.25, 0.3) is 0 Å². The number of hydrogen-bond acceptors (Lipinski definition) is 6. The van der Waals surface area contributed by atoms with Gasteiger partial charge in [-0.3, -0.25) is 4.79 Å². The number of rotatable bonds is 2. The van der Waals surface area contributed by atoms with Crippen molar-refractivity contribution in [3.63, 3.8) is 0 Å². The second-order valence-corrected chi connectivity index (χ2v) is 4.60. The zero-order valence-electron chi connectivity index (χ0n) is 8.83. The summed E-state index contributed by atoms with van der Waals surface area (Å²) in [5.74, 6) is -0.00667. The number of hydrogen-bond donors (Lipinski definition) is 2. The predicted molar refractivity (Wildman–Crippen MR) is 61.9 cm³/mol. The molecule has 0 aliphatic carbocycles. The van der Waals surface area contributed by atoms with Gasteiger partial charge in [-0.2, -0.15) is 4.98 Å². The van der Waals surface area contributed by atoms with Crippen molar-refractivity contribution in [2.24, 2.45) is 5.73 Å². The summed E-state index contributed by atoms with van der Waals surface area (Å²) < 4.78 is 1.68. The van der Waals surface area contributed by atoms with Crippen LogP contribution >= 0.6 is 11.3 Å². The Morgan fingerprint density at radius 3 is 3.24 bits per heavy atom. The first-order valence-corrected chi connectivity index (χ1v) is 6.03. The van der Waals surface area contributed by atoms with Crippen LogP contribution in [0.2, 0.25) is 0 Å². The minimum atomic E-state index is -0.619. The molecule has 1 aliphatic heterocycles. The van der Waals surface area contributed by atoms with E-state index in [1.165, 1.54) is 0 Å². The number of aromatic nitrogens is 4. The molecule has 8 heteroatoms. The molecule has 0 saturated carbocycles. The summed E-state index contributed by atoms with van der Waals surface area (Å²) in [5, 5.41) is 10.1. The number of thiazole rings is 1. The number of amides is 1. The van der Waals surface area contributed by atoms with E-state index >= 15 is 0 Å². The van der Waals surface area contributed by atoms with Crippen molar-refractivity contribution in [3.8, 4) is 0 Å². The van der Waals surface area contributed by atoms with Gasteiger partial charge in [-0.05, 0) is 6.42 Å². The molecular weight excluding hydrogens is 240 g/mol. The number of fused-ring (bicyclic) bond motifs is 1. The molecule has 0 saturated heterocycles. The maximum Gasteiger partial charge on any atom is 0.288 e. The number of anilines is 1. The summed E-state index contributed by atoms with van der Waals surface area (Å²) >= 11 is 1.57. The second-order valence-electron chi connectivity index (χ2n) is 3.67. The zero-order chi connectivity index (χ0) is 11.8. The number of carbonyl (C=O) groups is 1. The fraction of sp³-hybridized carbons (Fsp3) is 0.333. The largest absolute Gasteiger partial charge is 0.363 e. The van der Waals surface area contributed by atoms with Crippen molar-refractivity contribution < 1.29 is 4.79 Å². The molecule has 0 fully saturated rings. The van der Waals surface area contributed by atoms with Gasteiger partial charge in [0.15, 0.2) is 0 Å². The third-order valence-corrected chi connectivity index (χ3v) is 3.46. The van der Waals surface area contributed by atoms with Gasteiger partial charge in [0.05, 0.1) is 0 Å². The van der Waals surface area contributed by atoms with Gasteiger partial charge in [0.2, 0.25) is 11.8 Å². The summed E-state index contributed by atoms with van der Waals surface area (Å²) in [6, 6.07) is 0.0341. The van der Waals surface area contributed by atoms with E-state index in [1.807, 2.05) is 5.38 Å². The van der Waals surface area contributed by atoms with Crippen molar-refractivity contribution in [1.29, 1.82) is 0 Å². The molecule has 88 valence electrons. The lowest BCUT2D eigenvalue weighted by molar-refractivity contribution is 0.0990. The Morgan fingerprint density at radius 2 is 2.53 bits per heavy atom. The summed E-state index contributed by atoms with van der Waals surface area (Å²) in [6.07, 6.45) is 2.62. The molecule has 0 aromatic carbocycles. The van der Waals surface area contributed by atoms with Gasteiger partial charge in [0.1, 0.15) is 11.0 Å². The molecular formula is C9H10N6OS. The Morgan fingerprint density at radius 1 is 1.65 bits per heavy atom. The fourth-order valence-electron chi connectivity index (χ4n) is 1.84. The molecule has 2 aromatic rings. The van der Waals surface area contributed by atoms with Crippen LogP contribution in [0.5, 0.6) is 0 Å². The Hall–Kier alpha value is -1.96. The minimum Gasteiger partial charge on any atom is -0.363 e. The number of nitrogens with zero attached hydrogens (tertiary/aromatic N) is 4. The molecule has 1 unspecified atom stereocenters. The van der Waals surface area contributed by atoms with E-state index in [-0.39, 0.29) is 11.9 Å². The van der Waals surface area contributed by atoms with E-state index in [2.05, 4.69) is 20.4 Å². The van der Waals surface area contributed by atoms with Crippen LogP contribution in [-0.4, -0.2) is 32.2 Å². The second kappa shape index (κ2) is 3.81. The van der Waals surface area contributed by atoms with Crippen LogP contribution in [0.4, 0.5) is 5.95 Å². The van der Waals surface area contributed by atoms with E-state index in [1.54, 1.807) is 22.2 Å². The van der Waals surface area contributed by atoms with Gasteiger partial charge >= 0.3 is 0 Å². The molecule has 2 aromatic heterocycles. The van der Waals surface area contributed by atoms with E-state index < -0.39 is 5.91 Å². The maximum absolute atomic E-state index is 11.1. The summed E-state index contributed by atoms with van der Waals surface area (Å²) in [6.45, 7) is 0.779. The lowest BCUT2D eigenvalue weighted by Crippen LogP contribution is -2.24. The molecule has 1 amide bonds. The average Bonchev–Trinajstić information content (AvgIpc) is 2.97. The quantitative estimate of drug-likeness (QED) is 0.795. The van der Waals surface area contributed by atoms with Crippen LogP contribution in [0.1, 0.15) is 28.1 Å². The summed E-state index contributed by atoms with van der Waals surface area (Å²) in [5.41, 5.74) is 5.17. The van der Waals surface area contributed by atoms with Crippen molar-refractivity contribution >= 4 is 23.2 Å². The van der Waals surface area contributed by atoms with Gasteiger partial charge < -0.3 is 11.1 Å². The molecule has 1 aliphatic rings. The van der Waals surface area contributed by atoms with Crippen molar-refractivity contribution in [1.82, 2.24) is 19.7 Å². The van der Waals surface area contributed by atoms with Crippen LogP contribution in [0, 0.1) is 0 Å². The first kappa shape index (κ1) is 10.2. The molecule has 7 nitrogen and oxygen atoms in total. The minimum absolute atomic E-state index is 0.0341. The Labute approximate surface area is 101 Å². The van der Waals surface area contributed by atoms with Crippen LogP contribution in [0.15, 0.2) is 11.6 Å². The zero-order valence-corrected chi connectivity index (χ0v) is 9.65. The molecule has 3 rings (SSSR count). The topological polar surface area (TPSA) is 98.7 Å². The molecule has 3 heterocycles. The molecule has 17 heavy (non-hydrogen) atoms. The van der Waals surface area contributed by atoms with Gasteiger partial charge in [0, 0.05) is 18.1 Å². The highest BCUT2D eigenvalue weighted by Gasteiger charge is 2.27. The van der Waals surface area contributed by atoms with Crippen molar-refractivity contribution in [2.45, 2.75) is 12.5 Å². The van der Waals surface area contributed by atoms with Crippen LogP contribution < -0.4 is 11.1 Å². The Bertz CT molecular complexity index is 548. The lowest BCUT2D eigenvalue weighted by atomic mass is 10.2. The van der Waals surface area contributed by atoms with Crippen LogP contribution in [0.3, 0.4) is 0 Å². The number of primary amides is 1. The maximum atomic E-state index is 11.1. The SMILES string of the molecule is NC(=O)c1nc2n(n1)C(c1nccs1)CCN2. The first-order valence-electron chi connectivity index (χ1n) is 5.15. The van der Waals surface area contributed by atoms with E-state index in [9.17, 15) is 4.79 Å². The van der Waals surface area contributed by atoms with Gasteiger partial charge in [-0.15, -0.1) is 16.4 Å². The lowest BCUT2D eigenvalue weighted by Gasteiger charge is -2.22. The van der Waals surface area contributed by atoms with E-state index in [0.717, 1.165) is 18.0 Å². The molecule has 3 N–H and O–H groups in total.